The maximum absolute atomic E-state index is 5.36. The van der Waals surface area contributed by atoms with E-state index in [0.29, 0.717) is 11.5 Å². The van der Waals surface area contributed by atoms with Crippen molar-refractivity contribution in [3.63, 3.8) is 0 Å². The average Bonchev–Trinajstić information content (AvgIpc) is 2.36. The second-order valence-corrected chi connectivity index (χ2v) is 5.63. The molecule has 1 heterocycles. The van der Waals surface area contributed by atoms with E-state index in [1.165, 1.54) is 31.2 Å². The Kier molecular flexibility index (Phi) is 3.17. The lowest BCUT2D eigenvalue weighted by Gasteiger charge is -2.46. The Hall–Kier alpha value is -0.860. The summed E-state index contributed by atoms with van der Waals surface area (Å²) in [5.74, 6) is 0. The zero-order valence-corrected chi connectivity index (χ0v) is 10.3. The first-order valence-electron chi connectivity index (χ1n) is 6.71. The van der Waals surface area contributed by atoms with Gasteiger partial charge in [-0.2, -0.15) is 0 Å². The van der Waals surface area contributed by atoms with Crippen molar-refractivity contribution in [2.45, 2.75) is 38.3 Å². The summed E-state index contributed by atoms with van der Waals surface area (Å²) in [7, 11) is 0. The van der Waals surface area contributed by atoms with E-state index in [2.05, 4.69) is 35.6 Å². The molecule has 3 rings (SSSR count). The van der Waals surface area contributed by atoms with Gasteiger partial charge in [-0.15, -0.1) is 0 Å². The highest BCUT2D eigenvalue weighted by atomic mass is 16.5. The summed E-state index contributed by atoms with van der Waals surface area (Å²) in [6.07, 6.45) is 5.32. The lowest BCUT2D eigenvalue weighted by atomic mass is 9.71. The highest BCUT2D eigenvalue weighted by molar-refractivity contribution is 5.14. The van der Waals surface area contributed by atoms with Gasteiger partial charge in [0.25, 0.3) is 0 Å². The number of hydrogen-bond donors (Lipinski definition) is 1. The number of rotatable bonds is 3. The van der Waals surface area contributed by atoms with Crippen molar-refractivity contribution in [1.82, 2.24) is 5.32 Å². The van der Waals surface area contributed by atoms with Crippen molar-refractivity contribution in [3.05, 3.63) is 35.9 Å². The lowest BCUT2D eigenvalue weighted by molar-refractivity contribution is -0.133. The molecule has 1 aliphatic heterocycles. The molecule has 2 nitrogen and oxygen atoms in total. The highest BCUT2D eigenvalue weighted by Crippen LogP contribution is 2.42. The van der Waals surface area contributed by atoms with E-state index in [1.807, 2.05) is 0 Å². The fourth-order valence-corrected chi connectivity index (χ4v) is 2.97. The molecule has 1 saturated heterocycles. The molecule has 92 valence electrons. The molecule has 2 aliphatic rings. The van der Waals surface area contributed by atoms with Gasteiger partial charge < -0.3 is 10.1 Å². The summed E-state index contributed by atoms with van der Waals surface area (Å²) in [5.41, 5.74) is 1.96. The number of benzene rings is 1. The molecular weight excluding hydrogens is 210 g/mol. The van der Waals surface area contributed by atoms with Crippen LogP contribution in [-0.2, 0) is 11.3 Å². The maximum atomic E-state index is 5.36. The third-order valence-electron chi connectivity index (χ3n) is 4.30. The Morgan fingerprint density at radius 3 is 2.41 bits per heavy atom. The van der Waals surface area contributed by atoms with Gasteiger partial charge >= 0.3 is 0 Å². The standard InChI is InChI=1S/C15H21NO/c1-2-4-13(5-3-1)10-16-14-6-8-15(9-7-14)11-17-12-15/h1-5,14,16H,6-12H2. The van der Waals surface area contributed by atoms with E-state index in [4.69, 9.17) is 4.74 Å². The van der Waals surface area contributed by atoms with Crippen LogP contribution < -0.4 is 5.32 Å². The molecule has 0 bridgehead atoms. The molecule has 2 fully saturated rings. The SMILES string of the molecule is c1ccc(CNC2CCC3(CC2)COC3)cc1. The van der Waals surface area contributed by atoms with E-state index < -0.39 is 0 Å². The Balaban J connectivity index is 1.45. The van der Waals surface area contributed by atoms with Crippen molar-refractivity contribution in [2.75, 3.05) is 13.2 Å². The van der Waals surface area contributed by atoms with Crippen molar-refractivity contribution in [2.24, 2.45) is 5.41 Å². The van der Waals surface area contributed by atoms with Gasteiger partial charge in [0.1, 0.15) is 0 Å². The molecule has 1 aromatic rings. The van der Waals surface area contributed by atoms with Crippen molar-refractivity contribution in [1.29, 1.82) is 0 Å². The molecule has 1 N–H and O–H groups in total. The first-order chi connectivity index (χ1) is 8.36. The highest BCUT2D eigenvalue weighted by Gasteiger charge is 2.41. The summed E-state index contributed by atoms with van der Waals surface area (Å²) >= 11 is 0. The Bertz CT molecular complexity index is 348. The largest absolute Gasteiger partial charge is 0.380 e. The fraction of sp³-hybridized carbons (Fsp3) is 0.600. The quantitative estimate of drug-likeness (QED) is 0.863. The zero-order chi connectivity index (χ0) is 11.6. The van der Waals surface area contributed by atoms with Crippen LogP contribution in [0.15, 0.2) is 30.3 Å². The average molecular weight is 231 g/mol. The first-order valence-corrected chi connectivity index (χ1v) is 6.71. The monoisotopic (exact) mass is 231 g/mol. The molecule has 0 atom stereocenters. The van der Waals surface area contributed by atoms with Crippen LogP contribution in [0.3, 0.4) is 0 Å². The number of ether oxygens (including phenoxy) is 1. The summed E-state index contributed by atoms with van der Waals surface area (Å²) in [5, 5.41) is 3.68. The van der Waals surface area contributed by atoms with Gasteiger partial charge in [0.15, 0.2) is 0 Å². The van der Waals surface area contributed by atoms with Crippen LogP contribution >= 0.6 is 0 Å². The number of hydrogen-bond acceptors (Lipinski definition) is 2. The minimum absolute atomic E-state index is 0.574. The predicted octanol–water partition coefficient (Wildman–Crippen LogP) is 2.74. The van der Waals surface area contributed by atoms with Crippen LogP contribution in [-0.4, -0.2) is 19.3 Å². The minimum Gasteiger partial charge on any atom is -0.380 e. The van der Waals surface area contributed by atoms with Crippen LogP contribution in [0.5, 0.6) is 0 Å². The van der Waals surface area contributed by atoms with Crippen molar-refractivity contribution in [3.8, 4) is 0 Å². The lowest BCUT2D eigenvalue weighted by Crippen LogP contribution is -2.48. The topological polar surface area (TPSA) is 21.3 Å². The van der Waals surface area contributed by atoms with Gasteiger partial charge in [-0.3, -0.25) is 0 Å². The van der Waals surface area contributed by atoms with Crippen LogP contribution in [0.1, 0.15) is 31.2 Å². The minimum atomic E-state index is 0.574. The molecule has 1 spiro atoms. The predicted molar refractivity (Wildman–Crippen MR) is 68.8 cm³/mol. The Morgan fingerprint density at radius 1 is 1.12 bits per heavy atom. The smallest absolute Gasteiger partial charge is 0.0544 e. The number of nitrogens with one attached hydrogen (secondary N) is 1. The van der Waals surface area contributed by atoms with E-state index in [0.717, 1.165) is 19.8 Å². The molecule has 1 aromatic carbocycles. The normalized spacial score (nSPS) is 23.5. The van der Waals surface area contributed by atoms with Crippen LogP contribution in [0.2, 0.25) is 0 Å². The van der Waals surface area contributed by atoms with Crippen LogP contribution in [0, 0.1) is 5.41 Å². The van der Waals surface area contributed by atoms with Gasteiger partial charge in [-0.25, -0.2) is 0 Å². The maximum Gasteiger partial charge on any atom is 0.0544 e. The third kappa shape index (κ3) is 2.53. The molecule has 2 heteroatoms. The second-order valence-electron chi connectivity index (χ2n) is 5.63. The fourth-order valence-electron chi connectivity index (χ4n) is 2.97. The Morgan fingerprint density at radius 2 is 1.82 bits per heavy atom. The van der Waals surface area contributed by atoms with E-state index in [-0.39, 0.29) is 0 Å². The molecular formula is C15H21NO. The molecule has 1 aliphatic carbocycles. The molecule has 1 saturated carbocycles. The summed E-state index contributed by atoms with van der Waals surface area (Å²) < 4.78 is 5.36. The van der Waals surface area contributed by atoms with Crippen LogP contribution in [0.25, 0.3) is 0 Å². The summed E-state index contributed by atoms with van der Waals surface area (Å²) in [6.45, 7) is 3.03. The molecule has 0 radical (unpaired) electrons. The molecule has 0 amide bonds. The molecule has 0 aromatic heterocycles. The van der Waals surface area contributed by atoms with Gasteiger partial charge in [0, 0.05) is 18.0 Å². The van der Waals surface area contributed by atoms with E-state index >= 15 is 0 Å². The van der Waals surface area contributed by atoms with Crippen molar-refractivity contribution < 1.29 is 4.74 Å². The first kappa shape index (κ1) is 11.2. The molecule has 0 unspecified atom stereocenters. The zero-order valence-electron chi connectivity index (χ0n) is 10.3. The van der Waals surface area contributed by atoms with Gasteiger partial charge in [0.2, 0.25) is 0 Å². The van der Waals surface area contributed by atoms with Crippen LogP contribution in [0.4, 0.5) is 0 Å². The van der Waals surface area contributed by atoms with E-state index in [1.54, 1.807) is 0 Å². The Labute approximate surface area is 103 Å². The second kappa shape index (κ2) is 4.79. The summed E-state index contributed by atoms with van der Waals surface area (Å²) in [6, 6.07) is 11.4. The van der Waals surface area contributed by atoms with Gasteiger partial charge in [-0.05, 0) is 31.2 Å². The van der Waals surface area contributed by atoms with Crippen molar-refractivity contribution >= 4 is 0 Å². The third-order valence-corrected chi connectivity index (χ3v) is 4.30. The molecule has 17 heavy (non-hydrogen) atoms. The van der Waals surface area contributed by atoms with Gasteiger partial charge in [-0.1, -0.05) is 30.3 Å². The summed E-state index contributed by atoms with van der Waals surface area (Å²) in [4.78, 5) is 0. The van der Waals surface area contributed by atoms with E-state index in [9.17, 15) is 0 Å². The van der Waals surface area contributed by atoms with Gasteiger partial charge in [0.05, 0.1) is 13.2 Å².